The average molecular weight is 294 g/mol. The Labute approximate surface area is 130 Å². The van der Waals surface area contributed by atoms with Gasteiger partial charge >= 0.3 is 0 Å². The van der Waals surface area contributed by atoms with Crippen molar-refractivity contribution in [3.63, 3.8) is 0 Å². The third-order valence-corrected chi connectivity index (χ3v) is 6.23. The van der Waals surface area contributed by atoms with E-state index in [1.54, 1.807) is 0 Å². The smallest absolute Gasteiger partial charge is 0.0613 e. The van der Waals surface area contributed by atoms with E-state index in [1.165, 1.54) is 71.0 Å². The van der Waals surface area contributed by atoms with Crippen molar-refractivity contribution in [2.75, 3.05) is 26.2 Å². The Kier molecular flexibility index (Phi) is 5.23. The largest absolute Gasteiger partial charge is 0.378 e. The number of ether oxygens (including phenoxy) is 1. The Hall–Kier alpha value is -0.120. The summed E-state index contributed by atoms with van der Waals surface area (Å²) in [6, 6.07) is 0.732. The van der Waals surface area contributed by atoms with Gasteiger partial charge in [-0.1, -0.05) is 33.1 Å². The fourth-order valence-electron chi connectivity index (χ4n) is 4.87. The van der Waals surface area contributed by atoms with Crippen LogP contribution in [0.25, 0.3) is 0 Å². The fraction of sp³-hybridized carbons (Fsp3) is 1.00. The van der Waals surface area contributed by atoms with Crippen molar-refractivity contribution in [1.29, 1.82) is 0 Å². The molecule has 122 valence electrons. The van der Waals surface area contributed by atoms with Crippen molar-refractivity contribution < 1.29 is 4.74 Å². The molecule has 0 radical (unpaired) electrons. The predicted octanol–water partition coefficient (Wildman–Crippen LogP) is 3.19. The molecule has 0 aromatic carbocycles. The van der Waals surface area contributed by atoms with Gasteiger partial charge < -0.3 is 10.1 Å². The third kappa shape index (κ3) is 3.46. The number of hydrogen-bond acceptors (Lipinski definition) is 3. The normalized spacial score (nSPS) is 37.1. The molecule has 3 heteroatoms. The van der Waals surface area contributed by atoms with Gasteiger partial charge in [0.25, 0.3) is 0 Å². The second kappa shape index (κ2) is 6.97. The van der Waals surface area contributed by atoms with Gasteiger partial charge in [-0.25, -0.2) is 0 Å². The molecule has 3 atom stereocenters. The molecule has 3 nitrogen and oxygen atoms in total. The Morgan fingerprint density at radius 3 is 2.67 bits per heavy atom. The summed E-state index contributed by atoms with van der Waals surface area (Å²) < 4.78 is 5.92. The molecule has 3 rings (SSSR count). The van der Waals surface area contributed by atoms with Crippen LogP contribution in [0.4, 0.5) is 0 Å². The van der Waals surface area contributed by atoms with Crippen LogP contribution in [-0.4, -0.2) is 48.8 Å². The van der Waals surface area contributed by atoms with Gasteiger partial charge in [-0.2, -0.15) is 0 Å². The second-order valence-corrected chi connectivity index (χ2v) is 7.58. The molecular weight excluding hydrogens is 260 g/mol. The van der Waals surface area contributed by atoms with E-state index in [4.69, 9.17) is 4.74 Å². The Bertz CT molecular complexity index is 327. The standard InChI is InChI=1S/C18H34N2O/c1-3-16-12-19-18(9-6-5-7-10-18)14-20(16)13-15-8-11-21-17(15)4-2/h15-17,19H,3-14H2,1-2H3. The molecule has 3 unspecified atom stereocenters. The first-order valence-electron chi connectivity index (χ1n) is 9.37. The third-order valence-electron chi connectivity index (χ3n) is 6.23. The molecule has 1 saturated carbocycles. The Morgan fingerprint density at radius 1 is 1.14 bits per heavy atom. The van der Waals surface area contributed by atoms with E-state index in [0.29, 0.717) is 11.6 Å². The molecule has 21 heavy (non-hydrogen) atoms. The average Bonchev–Trinajstić information content (AvgIpc) is 2.96. The maximum absolute atomic E-state index is 5.92. The van der Waals surface area contributed by atoms with Crippen LogP contribution >= 0.6 is 0 Å². The van der Waals surface area contributed by atoms with Crippen LogP contribution in [0.1, 0.15) is 65.2 Å². The van der Waals surface area contributed by atoms with Gasteiger partial charge in [0.05, 0.1) is 6.10 Å². The number of rotatable bonds is 4. The summed E-state index contributed by atoms with van der Waals surface area (Å²) in [7, 11) is 0. The molecule has 1 spiro atoms. The minimum atomic E-state index is 0.436. The number of piperazine rings is 1. The SMILES string of the molecule is CCC1OCCC1CN1CC2(CCCCC2)NCC1CC. The van der Waals surface area contributed by atoms with Gasteiger partial charge in [-0.05, 0) is 38.0 Å². The van der Waals surface area contributed by atoms with Crippen LogP contribution in [-0.2, 0) is 4.74 Å². The first-order chi connectivity index (χ1) is 10.3. The first kappa shape index (κ1) is 15.8. The summed E-state index contributed by atoms with van der Waals surface area (Å²) in [5.41, 5.74) is 0.436. The Morgan fingerprint density at radius 2 is 1.95 bits per heavy atom. The zero-order valence-corrected chi connectivity index (χ0v) is 14.1. The van der Waals surface area contributed by atoms with Crippen molar-refractivity contribution in [3.05, 3.63) is 0 Å². The lowest BCUT2D eigenvalue weighted by atomic mass is 9.79. The molecule has 1 aliphatic carbocycles. The van der Waals surface area contributed by atoms with E-state index in [9.17, 15) is 0 Å². The summed E-state index contributed by atoms with van der Waals surface area (Å²) in [5.74, 6) is 0.766. The summed E-state index contributed by atoms with van der Waals surface area (Å²) in [6.45, 7) is 9.35. The van der Waals surface area contributed by atoms with Crippen molar-refractivity contribution >= 4 is 0 Å². The predicted molar refractivity (Wildman–Crippen MR) is 87.6 cm³/mol. The van der Waals surface area contributed by atoms with Gasteiger partial charge in [-0.15, -0.1) is 0 Å². The van der Waals surface area contributed by atoms with Gasteiger partial charge in [0.15, 0.2) is 0 Å². The molecule has 3 aliphatic rings. The minimum absolute atomic E-state index is 0.436. The zero-order chi connectivity index (χ0) is 14.7. The van der Waals surface area contributed by atoms with Crippen LogP contribution in [0.15, 0.2) is 0 Å². The lowest BCUT2D eigenvalue weighted by molar-refractivity contribution is 0.0242. The monoisotopic (exact) mass is 294 g/mol. The molecule has 0 bridgehead atoms. The topological polar surface area (TPSA) is 24.5 Å². The van der Waals surface area contributed by atoms with Crippen LogP contribution in [0.2, 0.25) is 0 Å². The maximum Gasteiger partial charge on any atom is 0.0613 e. The molecule has 1 N–H and O–H groups in total. The molecule has 0 amide bonds. The van der Waals surface area contributed by atoms with Crippen LogP contribution < -0.4 is 5.32 Å². The minimum Gasteiger partial charge on any atom is -0.378 e. The maximum atomic E-state index is 5.92. The molecule has 0 aromatic heterocycles. The van der Waals surface area contributed by atoms with E-state index in [1.807, 2.05) is 0 Å². The summed E-state index contributed by atoms with van der Waals surface area (Å²) in [6.07, 6.45) is 11.3. The molecule has 2 aliphatic heterocycles. The van der Waals surface area contributed by atoms with E-state index >= 15 is 0 Å². The van der Waals surface area contributed by atoms with Crippen LogP contribution in [0.3, 0.4) is 0 Å². The van der Waals surface area contributed by atoms with E-state index in [-0.39, 0.29) is 0 Å². The summed E-state index contributed by atoms with van der Waals surface area (Å²) >= 11 is 0. The van der Waals surface area contributed by atoms with Gasteiger partial charge in [0, 0.05) is 37.8 Å². The molecule has 0 aromatic rings. The van der Waals surface area contributed by atoms with Gasteiger partial charge in [-0.3, -0.25) is 4.90 Å². The molecule has 2 saturated heterocycles. The van der Waals surface area contributed by atoms with E-state index in [0.717, 1.165) is 18.6 Å². The van der Waals surface area contributed by atoms with Crippen molar-refractivity contribution in [3.8, 4) is 0 Å². The Balaban J connectivity index is 1.64. The second-order valence-electron chi connectivity index (χ2n) is 7.58. The molecule has 3 fully saturated rings. The highest BCUT2D eigenvalue weighted by molar-refractivity contribution is 5.00. The summed E-state index contributed by atoms with van der Waals surface area (Å²) in [4.78, 5) is 2.82. The van der Waals surface area contributed by atoms with Gasteiger partial charge in [0.2, 0.25) is 0 Å². The van der Waals surface area contributed by atoms with Crippen LogP contribution in [0.5, 0.6) is 0 Å². The van der Waals surface area contributed by atoms with Crippen molar-refractivity contribution in [2.45, 2.75) is 82.9 Å². The lowest BCUT2D eigenvalue weighted by Gasteiger charge is -2.50. The first-order valence-corrected chi connectivity index (χ1v) is 9.37. The highest BCUT2D eigenvalue weighted by Gasteiger charge is 2.41. The zero-order valence-electron chi connectivity index (χ0n) is 14.1. The van der Waals surface area contributed by atoms with Crippen molar-refractivity contribution in [2.24, 2.45) is 5.92 Å². The molecule has 2 heterocycles. The summed E-state index contributed by atoms with van der Waals surface area (Å²) in [5, 5.41) is 3.94. The molecular formula is C18H34N2O. The van der Waals surface area contributed by atoms with Crippen molar-refractivity contribution in [1.82, 2.24) is 10.2 Å². The van der Waals surface area contributed by atoms with E-state index in [2.05, 4.69) is 24.1 Å². The van der Waals surface area contributed by atoms with Crippen LogP contribution in [0, 0.1) is 5.92 Å². The highest BCUT2D eigenvalue weighted by atomic mass is 16.5. The van der Waals surface area contributed by atoms with Gasteiger partial charge in [0.1, 0.15) is 0 Å². The van der Waals surface area contributed by atoms with E-state index < -0.39 is 0 Å². The number of nitrogens with zero attached hydrogens (tertiary/aromatic N) is 1. The fourth-order valence-corrected chi connectivity index (χ4v) is 4.87. The number of nitrogens with one attached hydrogen (secondary N) is 1. The number of hydrogen-bond donors (Lipinski definition) is 1. The highest BCUT2D eigenvalue weighted by Crippen LogP contribution is 2.34. The quantitative estimate of drug-likeness (QED) is 0.862. The lowest BCUT2D eigenvalue weighted by Crippen LogP contribution is -2.65.